The molecule has 0 bridgehead atoms. The summed E-state index contributed by atoms with van der Waals surface area (Å²) in [6.07, 6.45) is -2.68. The third kappa shape index (κ3) is 3.46. The van der Waals surface area contributed by atoms with Gasteiger partial charge in [0.1, 0.15) is 5.50 Å². The third-order valence-electron chi connectivity index (χ3n) is 3.54. The summed E-state index contributed by atoms with van der Waals surface area (Å²) in [5, 5.41) is 4.29. The molecule has 2 unspecified atom stereocenters. The van der Waals surface area contributed by atoms with E-state index in [1.54, 1.807) is 23.9 Å². The van der Waals surface area contributed by atoms with Crippen LogP contribution in [0.1, 0.15) is 17.5 Å². The first-order valence-corrected chi connectivity index (χ1v) is 7.26. The van der Waals surface area contributed by atoms with Gasteiger partial charge in [0.05, 0.1) is 10.9 Å². The molecular weight excluding hydrogens is 287 g/mol. The summed E-state index contributed by atoms with van der Waals surface area (Å²) in [5.74, 6) is 0. The van der Waals surface area contributed by atoms with Gasteiger partial charge in [-0.15, -0.1) is 11.8 Å². The fourth-order valence-electron chi connectivity index (χ4n) is 2.13. The van der Waals surface area contributed by atoms with Crippen molar-refractivity contribution in [1.29, 1.82) is 0 Å². The molecule has 7 heteroatoms. The van der Waals surface area contributed by atoms with Crippen LogP contribution in [0.3, 0.4) is 0 Å². The Balaban J connectivity index is 1.92. The number of halogens is 3. The maximum Gasteiger partial charge on any atom is 0.416 e. The summed E-state index contributed by atoms with van der Waals surface area (Å²) in [4.78, 5) is 0. The van der Waals surface area contributed by atoms with Gasteiger partial charge in [0, 0.05) is 14.1 Å². The molecule has 2 atom stereocenters. The zero-order valence-electron chi connectivity index (χ0n) is 11.4. The van der Waals surface area contributed by atoms with Crippen LogP contribution in [-0.2, 0) is 12.6 Å². The van der Waals surface area contributed by atoms with Crippen molar-refractivity contribution in [3.8, 4) is 0 Å². The topological polar surface area (TPSA) is 32.5 Å². The van der Waals surface area contributed by atoms with Gasteiger partial charge in [-0.05, 0) is 30.5 Å². The number of benzene rings is 1. The van der Waals surface area contributed by atoms with E-state index in [0.29, 0.717) is 0 Å². The van der Waals surface area contributed by atoms with Gasteiger partial charge < -0.3 is 5.73 Å². The molecule has 1 aromatic carbocycles. The molecule has 1 fully saturated rings. The van der Waals surface area contributed by atoms with Crippen molar-refractivity contribution < 1.29 is 13.2 Å². The van der Waals surface area contributed by atoms with E-state index in [1.807, 2.05) is 19.1 Å². The van der Waals surface area contributed by atoms with Gasteiger partial charge in [0.25, 0.3) is 0 Å². The molecule has 1 aromatic rings. The van der Waals surface area contributed by atoms with Crippen LogP contribution in [0.15, 0.2) is 24.3 Å². The van der Waals surface area contributed by atoms with Crippen LogP contribution in [-0.4, -0.2) is 35.0 Å². The lowest BCUT2D eigenvalue weighted by atomic mass is 10.1. The van der Waals surface area contributed by atoms with Crippen LogP contribution in [0.25, 0.3) is 0 Å². The summed E-state index contributed by atoms with van der Waals surface area (Å²) in [6.45, 7) is 0. The van der Waals surface area contributed by atoms with Crippen molar-refractivity contribution in [2.75, 3.05) is 14.1 Å². The maximum atomic E-state index is 12.5. The van der Waals surface area contributed by atoms with Crippen LogP contribution >= 0.6 is 11.8 Å². The normalized spacial score (nSPS) is 25.3. The van der Waals surface area contributed by atoms with Gasteiger partial charge in [-0.3, -0.25) is 0 Å². The second-order valence-electron chi connectivity index (χ2n) is 4.86. The van der Waals surface area contributed by atoms with Crippen molar-refractivity contribution in [2.24, 2.45) is 5.73 Å². The van der Waals surface area contributed by atoms with Gasteiger partial charge in [-0.25, -0.2) is 10.0 Å². The minimum Gasteiger partial charge on any atom is -0.306 e. The molecule has 2 N–H and O–H groups in total. The summed E-state index contributed by atoms with van der Waals surface area (Å²) < 4.78 is 37.4. The highest BCUT2D eigenvalue weighted by Crippen LogP contribution is 2.32. The number of hydrogen-bond donors (Lipinski definition) is 1. The van der Waals surface area contributed by atoms with E-state index in [0.717, 1.165) is 30.5 Å². The number of nitrogens with two attached hydrogens (primary N) is 1. The first kappa shape index (κ1) is 15.6. The molecule has 0 saturated carbocycles. The molecule has 0 aliphatic carbocycles. The number of hydrogen-bond acceptors (Lipinski definition) is 4. The highest BCUT2D eigenvalue weighted by Gasteiger charge is 2.32. The predicted molar refractivity (Wildman–Crippen MR) is 74.6 cm³/mol. The Kier molecular flexibility index (Phi) is 4.63. The van der Waals surface area contributed by atoms with E-state index >= 15 is 0 Å². The monoisotopic (exact) mass is 305 g/mol. The molecule has 1 saturated heterocycles. The first-order chi connectivity index (χ1) is 9.29. The standard InChI is InChI=1S/C13H18F3N3S/c1-18-11(20-12(17)19(18)2)8-5-9-3-6-10(7-4-9)13(14,15)16/h3-4,6-7,11-12H,5,8,17H2,1-2H3. The lowest BCUT2D eigenvalue weighted by Gasteiger charge is -2.24. The van der Waals surface area contributed by atoms with E-state index in [-0.39, 0.29) is 10.9 Å². The van der Waals surface area contributed by atoms with E-state index in [4.69, 9.17) is 5.73 Å². The number of aryl methyl sites for hydroxylation is 1. The highest BCUT2D eigenvalue weighted by molar-refractivity contribution is 8.00. The summed E-state index contributed by atoms with van der Waals surface area (Å²) in [5.41, 5.74) is 6.17. The van der Waals surface area contributed by atoms with Crippen molar-refractivity contribution >= 4 is 11.8 Å². The van der Waals surface area contributed by atoms with E-state index in [9.17, 15) is 13.2 Å². The van der Waals surface area contributed by atoms with Crippen LogP contribution in [0, 0.1) is 0 Å². The Morgan fingerprint density at radius 1 is 1.15 bits per heavy atom. The largest absolute Gasteiger partial charge is 0.416 e. The summed E-state index contributed by atoms with van der Waals surface area (Å²) >= 11 is 1.66. The van der Waals surface area contributed by atoms with Gasteiger partial charge >= 0.3 is 6.18 Å². The maximum absolute atomic E-state index is 12.5. The van der Waals surface area contributed by atoms with Gasteiger partial charge in [0.15, 0.2) is 0 Å². The fraction of sp³-hybridized carbons (Fsp3) is 0.538. The van der Waals surface area contributed by atoms with Crippen molar-refractivity contribution in [3.63, 3.8) is 0 Å². The lowest BCUT2D eigenvalue weighted by Crippen LogP contribution is -2.41. The molecule has 0 amide bonds. The van der Waals surface area contributed by atoms with Crippen LogP contribution in [0.4, 0.5) is 13.2 Å². The predicted octanol–water partition coefficient (Wildman–Crippen LogP) is 2.73. The third-order valence-corrected chi connectivity index (χ3v) is 4.98. The van der Waals surface area contributed by atoms with E-state index in [2.05, 4.69) is 5.01 Å². The molecule has 0 aromatic heterocycles. The summed E-state index contributed by atoms with van der Waals surface area (Å²) in [6, 6.07) is 5.37. The van der Waals surface area contributed by atoms with E-state index < -0.39 is 11.7 Å². The molecule has 1 heterocycles. The van der Waals surface area contributed by atoms with Crippen LogP contribution in [0.5, 0.6) is 0 Å². The quantitative estimate of drug-likeness (QED) is 0.931. The number of rotatable bonds is 3. The second-order valence-corrected chi connectivity index (χ2v) is 6.16. The summed E-state index contributed by atoms with van der Waals surface area (Å²) in [7, 11) is 3.90. The first-order valence-electron chi connectivity index (χ1n) is 6.32. The molecular formula is C13H18F3N3S. The average molecular weight is 305 g/mol. The number of thioether (sulfide) groups is 1. The molecule has 20 heavy (non-hydrogen) atoms. The number of alkyl halides is 3. The molecule has 0 radical (unpaired) electrons. The van der Waals surface area contributed by atoms with Crippen LogP contribution in [0.2, 0.25) is 0 Å². The zero-order valence-corrected chi connectivity index (χ0v) is 12.2. The Hall–Kier alpha value is -0.760. The van der Waals surface area contributed by atoms with E-state index in [1.165, 1.54) is 0 Å². The Labute approximate surface area is 120 Å². The Morgan fingerprint density at radius 3 is 2.20 bits per heavy atom. The SMILES string of the molecule is CN1C(N)SC(CCc2ccc(C(F)(F)F)cc2)N1C. The fourth-order valence-corrected chi connectivity index (χ4v) is 3.35. The lowest BCUT2D eigenvalue weighted by molar-refractivity contribution is -0.137. The van der Waals surface area contributed by atoms with Crippen molar-refractivity contribution in [3.05, 3.63) is 35.4 Å². The molecule has 2 rings (SSSR count). The second kappa shape index (κ2) is 5.93. The zero-order chi connectivity index (χ0) is 14.9. The smallest absolute Gasteiger partial charge is 0.306 e. The Morgan fingerprint density at radius 2 is 1.75 bits per heavy atom. The van der Waals surface area contributed by atoms with Crippen molar-refractivity contribution in [1.82, 2.24) is 10.0 Å². The highest BCUT2D eigenvalue weighted by atomic mass is 32.2. The van der Waals surface area contributed by atoms with Gasteiger partial charge in [0.2, 0.25) is 0 Å². The van der Waals surface area contributed by atoms with Crippen LogP contribution < -0.4 is 5.73 Å². The number of nitrogens with zero attached hydrogens (tertiary/aromatic N) is 2. The van der Waals surface area contributed by atoms with Crippen molar-refractivity contribution in [2.45, 2.75) is 29.9 Å². The average Bonchev–Trinajstić information content (AvgIpc) is 2.63. The minimum atomic E-state index is -4.27. The molecule has 0 spiro atoms. The molecule has 1 aliphatic heterocycles. The molecule has 112 valence electrons. The van der Waals surface area contributed by atoms with Gasteiger partial charge in [-0.2, -0.15) is 13.2 Å². The minimum absolute atomic E-state index is 0.0578. The number of hydrazine groups is 1. The molecule has 1 aliphatic rings. The Bertz CT molecular complexity index is 449. The van der Waals surface area contributed by atoms with Gasteiger partial charge in [-0.1, -0.05) is 12.1 Å². The molecule has 3 nitrogen and oxygen atoms in total.